The average Bonchev–Trinajstić information content (AvgIpc) is 3.29. The van der Waals surface area contributed by atoms with E-state index in [-0.39, 0.29) is 11.8 Å². The first-order valence-corrected chi connectivity index (χ1v) is 10.8. The van der Waals surface area contributed by atoms with E-state index in [1.165, 1.54) is 22.6 Å². The number of amides is 3. The zero-order valence-electron chi connectivity index (χ0n) is 17.7. The fourth-order valence-electron chi connectivity index (χ4n) is 4.20. The van der Waals surface area contributed by atoms with Gasteiger partial charge in [-0.3, -0.25) is 14.5 Å². The van der Waals surface area contributed by atoms with Crippen molar-refractivity contribution in [1.82, 2.24) is 10.2 Å². The SMILES string of the molecule is CN1CCc2c1cc(OC(=O)NCCCCCCN1C(=O)C=CC1=O)c1ccccc21. The number of rotatable bonds is 8. The molecule has 0 unspecified atom stereocenters. The minimum absolute atomic E-state index is 0.236. The van der Waals surface area contributed by atoms with Crippen molar-refractivity contribution in [2.75, 3.05) is 31.6 Å². The maximum Gasteiger partial charge on any atom is 0.412 e. The third-order valence-corrected chi connectivity index (χ3v) is 5.88. The van der Waals surface area contributed by atoms with Crippen LogP contribution in [0.1, 0.15) is 31.2 Å². The molecule has 0 aromatic heterocycles. The second-order valence-electron chi connectivity index (χ2n) is 7.98. The van der Waals surface area contributed by atoms with E-state index in [1.54, 1.807) is 0 Å². The number of ether oxygens (including phenoxy) is 1. The van der Waals surface area contributed by atoms with Crippen molar-refractivity contribution < 1.29 is 19.1 Å². The highest BCUT2D eigenvalue weighted by atomic mass is 16.6. The molecule has 0 fully saturated rings. The number of hydrogen-bond donors (Lipinski definition) is 1. The second kappa shape index (κ2) is 9.20. The summed E-state index contributed by atoms with van der Waals surface area (Å²) in [5.74, 6) is 0.105. The molecule has 0 spiro atoms. The molecule has 3 amide bonds. The van der Waals surface area contributed by atoms with Gasteiger partial charge in [0.1, 0.15) is 5.75 Å². The molecule has 2 heterocycles. The highest BCUT2D eigenvalue weighted by Crippen LogP contribution is 2.39. The van der Waals surface area contributed by atoms with Crippen molar-refractivity contribution in [1.29, 1.82) is 0 Å². The van der Waals surface area contributed by atoms with Crippen LogP contribution in [0.2, 0.25) is 0 Å². The summed E-state index contributed by atoms with van der Waals surface area (Å²) in [5, 5.41) is 4.91. The molecule has 2 aliphatic heterocycles. The smallest absolute Gasteiger partial charge is 0.410 e. The fourth-order valence-corrected chi connectivity index (χ4v) is 4.20. The zero-order valence-corrected chi connectivity index (χ0v) is 17.7. The fraction of sp³-hybridized carbons (Fsp3) is 0.375. The quantitative estimate of drug-likeness (QED) is 0.522. The monoisotopic (exact) mass is 421 g/mol. The van der Waals surface area contributed by atoms with Crippen molar-refractivity contribution in [2.24, 2.45) is 0 Å². The standard InChI is InChI=1S/C24H27N3O4/c1-26-15-12-18-17-8-4-5-9-19(17)21(16-20(18)26)31-24(30)25-13-6-2-3-7-14-27-22(28)10-11-23(27)29/h4-5,8-11,16H,2-3,6-7,12-15H2,1H3,(H,25,30). The van der Waals surface area contributed by atoms with E-state index >= 15 is 0 Å². The van der Waals surface area contributed by atoms with Crippen LogP contribution in [-0.2, 0) is 16.0 Å². The van der Waals surface area contributed by atoms with Gasteiger partial charge in [0.2, 0.25) is 0 Å². The summed E-state index contributed by atoms with van der Waals surface area (Å²) >= 11 is 0. The van der Waals surface area contributed by atoms with Crippen LogP contribution in [0.4, 0.5) is 10.5 Å². The van der Waals surface area contributed by atoms with Gasteiger partial charge in [-0.05, 0) is 30.2 Å². The number of fused-ring (bicyclic) bond motifs is 3. The Kier molecular flexibility index (Phi) is 6.21. The molecule has 31 heavy (non-hydrogen) atoms. The summed E-state index contributed by atoms with van der Waals surface area (Å²) in [7, 11) is 2.05. The number of benzene rings is 2. The topological polar surface area (TPSA) is 79.0 Å². The predicted molar refractivity (Wildman–Crippen MR) is 119 cm³/mol. The van der Waals surface area contributed by atoms with Crippen LogP contribution in [0, 0.1) is 0 Å². The maximum absolute atomic E-state index is 12.3. The molecule has 7 nitrogen and oxygen atoms in total. The molecule has 0 aliphatic carbocycles. The molecule has 162 valence electrons. The van der Waals surface area contributed by atoms with Crippen LogP contribution in [0.3, 0.4) is 0 Å². The molecule has 2 aromatic carbocycles. The lowest BCUT2D eigenvalue weighted by molar-refractivity contribution is -0.136. The molecule has 0 saturated carbocycles. The Labute approximate surface area is 181 Å². The van der Waals surface area contributed by atoms with Gasteiger partial charge >= 0.3 is 6.09 Å². The lowest BCUT2D eigenvalue weighted by atomic mass is 10.0. The summed E-state index contributed by atoms with van der Waals surface area (Å²) in [4.78, 5) is 38.8. The molecular weight excluding hydrogens is 394 g/mol. The second-order valence-corrected chi connectivity index (χ2v) is 7.98. The number of likely N-dealkylation sites (N-methyl/N-ethyl adjacent to an activating group) is 1. The van der Waals surface area contributed by atoms with Crippen molar-refractivity contribution in [2.45, 2.75) is 32.1 Å². The van der Waals surface area contributed by atoms with E-state index in [1.807, 2.05) is 24.3 Å². The summed E-state index contributed by atoms with van der Waals surface area (Å²) in [6, 6.07) is 9.99. The van der Waals surface area contributed by atoms with Crippen molar-refractivity contribution in [3.05, 3.63) is 48.0 Å². The molecule has 7 heteroatoms. The summed E-state index contributed by atoms with van der Waals surface area (Å²) in [5.41, 5.74) is 2.42. The molecule has 1 N–H and O–H groups in total. The molecule has 0 saturated heterocycles. The number of carbonyl (C=O) groups is 3. The number of carbonyl (C=O) groups excluding carboxylic acids is 3. The Balaban J connectivity index is 1.23. The Hall–Kier alpha value is -3.35. The summed E-state index contributed by atoms with van der Waals surface area (Å²) in [6.07, 6.45) is 6.51. The van der Waals surface area contributed by atoms with Gasteiger partial charge in [0.15, 0.2) is 0 Å². The highest BCUT2D eigenvalue weighted by molar-refractivity contribution is 6.12. The van der Waals surface area contributed by atoms with Crippen LogP contribution < -0.4 is 15.0 Å². The minimum Gasteiger partial charge on any atom is -0.410 e. The largest absolute Gasteiger partial charge is 0.412 e. The summed E-state index contributed by atoms with van der Waals surface area (Å²) in [6.45, 7) is 1.93. The van der Waals surface area contributed by atoms with E-state index in [2.05, 4.69) is 23.3 Å². The number of unbranched alkanes of at least 4 members (excludes halogenated alkanes) is 3. The first kappa shape index (κ1) is 20.9. The molecule has 2 aromatic rings. The molecular formula is C24H27N3O4. The molecule has 0 bridgehead atoms. The summed E-state index contributed by atoms with van der Waals surface area (Å²) < 4.78 is 5.65. The number of nitrogens with one attached hydrogen (secondary N) is 1. The first-order valence-electron chi connectivity index (χ1n) is 10.8. The Morgan fingerprint density at radius 3 is 2.52 bits per heavy atom. The normalized spacial score (nSPS) is 15.1. The number of anilines is 1. The van der Waals surface area contributed by atoms with E-state index in [0.717, 1.165) is 55.1 Å². The Bertz CT molecular complexity index is 1030. The number of hydrogen-bond acceptors (Lipinski definition) is 5. The van der Waals surface area contributed by atoms with Crippen LogP contribution in [0.15, 0.2) is 42.5 Å². The minimum atomic E-state index is -0.454. The zero-order chi connectivity index (χ0) is 21.8. The lowest BCUT2D eigenvalue weighted by Gasteiger charge is -2.16. The van der Waals surface area contributed by atoms with Gasteiger partial charge in [-0.2, -0.15) is 0 Å². The van der Waals surface area contributed by atoms with Gasteiger partial charge < -0.3 is 15.0 Å². The predicted octanol–water partition coefficient (Wildman–Crippen LogP) is 3.41. The van der Waals surface area contributed by atoms with Crippen LogP contribution in [-0.4, -0.2) is 49.5 Å². The van der Waals surface area contributed by atoms with Gasteiger partial charge in [-0.15, -0.1) is 0 Å². The van der Waals surface area contributed by atoms with E-state index in [9.17, 15) is 14.4 Å². The van der Waals surface area contributed by atoms with Gasteiger partial charge in [0.05, 0.1) is 0 Å². The van der Waals surface area contributed by atoms with Crippen LogP contribution >= 0.6 is 0 Å². The highest BCUT2D eigenvalue weighted by Gasteiger charge is 2.23. The number of nitrogens with zero attached hydrogens (tertiary/aromatic N) is 2. The van der Waals surface area contributed by atoms with Gasteiger partial charge in [-0.1, -0.05) is 37.1 Å². The van der Waals surface area contributed by atoms with Gasteiger partial charge in [0.25, 0.3) is 11.8 Å². The van der Waals surface area contributed by atoms with Crippen LogP contribution in [0.25, 0.3) is 10.8 Å². The van der Waals surface area contributed by atoms with Gasteiger partial charge in [0, 0.05) is 56.0 Å². The lowest BCUT2D eigenvalue weighted by Crippen LogP contribution is -2.30. The van der Waals surface area contributed by atoms with Crippen molar-refractivity contribution >= 4 is 34.4 Å². The Morgan fingerprint density at radius 2 is 1.74 bits per heavy atom. The molecule has 0 atom stereocenters. The van der Waals surface area contributed by atoms with Crippen LogP contribution in [0.5, 0.6) is 5.75 Å². The van der Waals surface area contributed by atoms with E-state index in [4.69, 9.17) is 4.74 Å². The Morgan fingerprint density at radius 1 is 1.03 bits per heavy atom. The third-order valence-electron chi connectivity index (χ3n) is 5.88. The maximum atomic E-state index is 12.3. The van der Waals surface area contributed by atoms with Crippen molar-refractivity contribution in [3.8, 4) is 5.75 Å². The molecule has 0 radical (unpaired) electrons. The van der Waals surface area contributed by atoms with E-state index < -0.39 is 6.09 Å². The van der Waals surface area contributed by atoms with E-state index in [0.29, 0.717) is 18.8 Å². The molecule has 4 rings (SSSR count). The number of imide groups is 1. The third kappa shape index (κ3) is 4.55. The van der Waals surface area contributed by atoms with Crippen molar-refractivity contribution in [3.63, 3.8) is 0 Å². The average molecular weight is 421 g/mol. The first-order chi connectivity index (χ1) is 15.0. The molecule has 2 aliphatic rings. The van der Waals surface area contributed by atoms with Gasteiger partial charge in [-0.25, -0.2) is 4.79 Å².